The van der Waals surface area contributed by atoms with Crippen molar-refractivity contribution in [1.29, 1.82) is 0 Å². The van der Waals surface area contributed by atoms with Crippen molar-refractivity contribution < 1.29 is 38.2 Å². The van der Waals surface area contributed by atoms with Crippen LogP contribution in [0, 0.1) is 0 Å². The second-order valence-electron chi connectivity index (χ2n) is 15.4. The molecule has 4 N–H and O–H groups in total. The summed E-state index contributed by atoms with van der Waals surface area (Å²) in [6, 6.07) is -1.62. The van der Waals surface area contributed by atoms with Gasteiger partial charge in [0.15, 0.2) is 0 Å². The van der Waals surface area contributed by atoms with E-state index in [0.29, 0.717) is 64.5 Å². The standard InChI is InChI=1S/C45H84N4O8/c1-5-9-11-13-15-17-19-21-23-32-40(50)46-36-27-25-30-38(44(54)56-7-3)48-42(52)34-29-35-43(53)49-39(45(55)57-8-4)31-26-28-37-47-41(51)33-24-22-20-18-16-14-12-10-6-2/h38-39H,5-37H2,1-4H3,(H,46,50)(H,47,51)(H,48,52)(H,49,53)/t38-,39-/m0/s1. The van der Waals surface area contributed by atoms with Crippen molar-refractivity contribution in [2.45, 2.75) is 226 Å². The number of unbranched alkanes of at least 4 members (excludes halogenated alkanes) is 18. The molecule has 0 heterocycles. The van der Waals surface area contributed by atoms with Gasteiger partial charge in [-0.15, -0.1) is 0 Å². The monoisotopic (exact) mass is 809 g/mol. The summed E-state index contributed by atoms with van der Waals surface area (Å²) >= 11 is 0. The maximum atomic E-state index is 12.7. The molecule has 0 spiro atoms. The Kier molecular flexibility index (Phi) is 37.4. The second kappa shape index (κ2) is 39.6. The highest BCUT2D eigenvalue weighted by Crippen LogP contribution is 2.12. The average molecular weight is 809 g/mol. The maximum absolute atomic E-state index is 12.7. The number of hydrogen-bond donors (Lipinski definition) is 4. The van der Waals surface area contributed by atoms with Gasteiger partial charge in [-0.2, -0.15) is 0 Å². The number of esters is 2. The van der Waals surface area contributed by atoms with Crippen molar-refractivity contribution in [2.24, 2.45) is 0 Å². The molecule has 12 heteroatoms. The Morgan fingerprint density at radius 1 is 0.368 bits per heavy atom. The minimum absolute atomic E-state index is 0.0288. The third kappa shape index (κ3) is 34.6. The van der Waals surface area contributed by atoms with Gasteiger partial charge in [0.1, 0.15) is 12.1 Å². The highest BCUT2D eigenvalue weighted by atomic mass is 16.5. The fourth-order valence-corrected chi connectivity index (χ4v) is 6.70. The lowest BCUT2D eigenvalue weighted by molar-refractivity contribution is -0.147. The minimum atomic E-state index is -0.808. The molecule has 4 amide bonds. The number of rotatable bonds is 40. The number of ether oxygens (including phenoxy) is 2. The number of carbonyl (C=O) groups is 6. The molecule has 332 valence electrons. The van der Waals surface area contributed by atoms with Crippen LogP contribution in [0.5, 0.6) is 0 Å². The smallest absolute Gasteiger partial charge is 0.328 e. The molecule has 0 aromatic rings. The topological polar surface area (TPSA) is 169 Å². The molecule has 2 atom stereocenters. The summed E-state index contributed by atoms with van der Waals surface area (Å²) in [6.45, 7) is 9.27. The molecule has 0 unspecified atom stereocenters. The van der Waals surface area contributed by atoms with E-state index in [4.69, 9.17) is 9.47 Å². The predicted octanol–water partition coefficient (Wildman–Crippen LogP) is 8.67. The van der Waals surface area contributed by atoms with Crippen LogP contribution in [0.3, 0.4) is 0 Å². The third-order valence-electron chi connectivity index (χ3n) is 10.1. The summed E-state index contributed by atoms with van der Waals surface area (Å²) in [4.78, 5) is 75.0. The van der Waals surface area contributed by atoms with E-state index < -0.39 is 24.0 Å². The number of amides is 4. The van der Waals surface area contributed by atoms with Gasteiger partial charge in [0.2, 0.25) is 23.6 Å². The molecule has 0 fully saturated rings. The first-order valence-electron chi connectivity index (χ1n) is 23.1. The van der Waals surface area contributed by atoms with Gasteiger partial charge in [0.05, 0.1) is 13.2 Å². The quantitative estimate of drug-likeness (QED) is 0.0352. The normalized spacial score (nSPS) is 12.0. The third-order valence-corrected chi connectivity index (χ3v) is 10.1. The number of hydrogen-bond acceptors (Lipinski definition) is 8. The van der Waals surface area contributed by atoms with E-state index in [9.17, 15) is 28.8 Å². The Morgan fingerprint density at radius 3 is 1.02 bits per heavy atom. The number of nitrogens with one attached hydrogen (secondary N) is 4. The molecule has 0 aromatic heterocycles. The van der Waals surface area contributed by atoms with Crippen molar-refractivity contribution in [2.75, 3.05) is 26.3 Å². The summed E-state index contributed by atoms with van der Waals surface area (Å²) in [5.74, 6) is -1.65. The Bertz CT molecular complexity index is 976. The van der Waals surface area contributed by atoms with E-state index in [0.717, 1.165) is 25.7 Å². The molecule has 12 nitrogen and oxygen atoms in total. The van der Waals surface area contributed by atoms with Crippen LogP contribution in [0.2, 0.25) is 0 Å². The Labute approximate surface area is 346 Å². The molecule has 0 saturated heterocycles. The summed E-state index contributed by atoms with van der Waals surface area (Å²) < 4.78 is 10.3. The molecule has 0 aliphatic heterocycles. The highest BCUT2D eigenvalue weighted by Gasteiger charge is 2.23. The molecule has 0 aliphatic rings. The van der Waals surface area contributed by atoms with E-state index in [-0.39, 0.29) is 56.1 Å². The first-order valence-corrected chi connectivity index (χ1v) is 23.1. The van der Waals surface area contributed by atoms with Crippen molar-refractivity contribution in [3.8, 4) is 0 Å². The first-order chi connectivity index (χ1) is 27.7. The lowest BCUT2D eigenvalue weighted by Crippen LogP contribution is -2.43. The fraction of sp³-hybridized carbons (Fsp3) is 0.867. The van der Waals surface area contributed by atoms with Crippen molar-refractivity contribution >= 4 is 35.6 Å². The SMILES string of the molecule is CCCCCCCCCCCC(=O)NCCCC[C@H](NC(=O)CCCC(=O)N[C@@H](CCCCNC(=O)CCCCCCCCCCC)C(=O)OCC)C(=O)OCC. The molecular formula is C45H84N4O8. The zero-order valence-electron chi connectivity index (χ0n) is 36.8. The zero-order valence-corrected chi connectivity index (χ0v) is 36.8. The van der Waals surface area contributed by atoms with E-state index >= 15 is 0 Å². The highest BCUT2D eigenvalue weighted by molar-refractivity contribution is 5.86. The van der Waals surface area contributed by atoms with Gasteiger partial charge >= 0.3 is 11.9 Å². The van der Waals surface area contributed by atoms with Crippen molar-refractivity contribution in [3.05, 3.63) is 0 Å². The Hall–Kier alpha value is -3.18. The van der Waals surface area contributed by atoms with E-state index in [1.54, 1.807) is 13.8 Å². The average Bonchev–Trinajstić information content (AvgIpc) is 3.18. The zero-order chi connectivity index (χ0) is 42.2. The van der Waals surface area contributed by atoms with Gasteiger partial charge in [-0.1, -0.05) is 117 Å². The molecule has 57 heavy (non-hydrogen) atoms. The van der Waals surface area contributed by atoms with Gasteiger partial charge < -0.3 is 30.7 Å². The van der Waals surface area contributed by atoms with Gasteiger partial charge in [-0.05, 0) is 71.6 Å². The number of carbonyl (C=O) groups excluding carboxylic acids is 6. The van der Waals surface area contributed by atoms with Crippen LogP contribution in [0.15, 0.2) is 0 Å². The molecule has 0 radical (unpaired) electrons. The van der Waals surface area contributed by atoms with Crippen LogP contribution < -0.4 is 21.3 Å². The van der Waals surface area contributed by atoms with Crippen LogP contribution in [0.1, 0.15) is 214 Å². The molecule has 0 aliphatic carbocycles. The van der Waals surface area contributed by atoms with Gasteiger partial charge in [-0.25, -0.2) is 9.59 Å². The molecule has 0 rings (SSSR count). The lowest BCUT2D eigenvalue weighted by atomic mass is 10.1. The predicted molar refractivity (Wildman–Crippen MR) is 228 cm³/mol. The van der Waals surface area contributed by atoms with Crippen molar-refractivity contribution in [1.82, 2.24) is 21.3 Å². The van der Waals surface area contributed by atoms with Gasteiger partial charge in [-0.3, -0.25) is 19.2 Å². The Balaban J connectivity index is 4.37. The van der Waals surface area contributed by atoms with Crippen LogP contribution in [-0.4, -0.2) is 74.0 Å². The molecular weight excluding hydrogens is 725 g/mol. The van der Waals surface area contributed by atoms with Gasteiger partial charge in [0.25, 0.3) is 0 Å². The van der Waals surface area contributed by atoms with Crippen LogP contribution >= 0.6 is 0 Å². The van der Waals surface area contributed by atoms with Gasteiger partial charge in [0, 0.05) is 38.8 Å². The first kappa shape index (κ1) is 53.8. The fourth-order valence-electron chi connectivity index (χ4n) is 6.70. The summed E-state index contributed by atoms with van der Waals surface area (Å²) in [5.41, 5.74) is 0. The minimum Gasteiger partial charge on any atom is -0.464 e. The van der Waals surface area contributed by atoms with E-state index in [1.165, 1.54) is 89.9 Å². The van der Waals surface area contributed by atoms with Crippen LogP contribution in [0.25, 0.3) is 0 Å². The maximum Gasteiger partial charge on any atom is 0.328 e. The van der Waals surface area contributed by atoms with Crippen LogP contribution in [-0.2, 0) is 38.2 Å². The summed E-state index contributed by atoms with van der Waals surface area (Å²) in [6.07, 6.45) is 26.4. The van der Waals surface area contributed by atoms with E-state index in [2.05, 4.69) is 35.1 Å². The molecule has 0 bridgehead atoms. The Morgan fingerprint density at radius 2 is 0.684 bits per heavy atom. The molecule has 0 saturated carbocycles. The molecule has 0 aromatic carbocycles. The largest absolute Gasteiger partial charge is 0.464 e. The van der Waals surface area contributed by atoms with E-state index in [1.807, 2.05) is 0 Å². The summed E-state index contributed by atoms with van der Waals surface area (Å²) in [7, 11) is 0. The second-order valence-corrected chi connectivity index (χ2v) is 15.4. The van der Waals surface area contributed by atoms with Crippen LogP contribution in [0.4, 0.5) is 0 Å². The lowest BCUT2D eigenvalue weighted by Gasteiger charge is -2.18. The van der Waals surface area contributed by atoms with Crippen molar-refractivity contribution in [3.63, 3.8) is 0 Å². The summed E-state index contributed by atoms with van der Waals surface area (Å²) in [5, 5.41) is 11.4.